The Bertz CT molecular complexity index is 1130. The molecule has 4 nitrogen and oxygen atoms in total. The Kier molecular flexibility index (Phi) is 6.76. The summed E-state index contributed by atoms with van der Waals surface area (Å²) in [6.45, 7) is 8.76. The number of carbonyl (C=O) groups excluding carboxylic acids is 2. The quantitative estimate of drug-likeness (QED) is 0.377. The number of hydrogen-bond acceptors (Lipinski definition) is 4. The SMILES string of the molecule is CCOC(=O)C1CC(=O)c2cccc(O[Si](c3ccccc3)(c3ccccc3)C(C)(C)C)c2C1. The lowest BCUT2D eigenvalue weighted by Crippen LogP contribution is -2.69. The summed E-state index contributed by atoms with van der Waals surface area (Å²) in [5.41, 5.74) is 1.46. The second-order valence-electron chi connectivity index (χ2n) is 9.83. The molecule has 0 fully saturated rings. The van der Waals surface area contributed by atoms with Crippen LogP contribution in [0.3, 0.4) is 0 Å². The number of fused-ring (bicyclic) bond motifs is 1. The molecule has 34 heavy (non-hydrogen) atoms. The van der Waals surface area contributed by atoms with Crippen molar-refractivity contribution in [1.82, 2.24) is 0 Å². The topological polar surface area (TPSA) is 52.6 Å². The first-order valence-corrected chi connectivity index (χ1v) is 13.8. The second kappa shape index (κ2) is 9.59. The van der Waals surface area contributed by atoms with Crippen LogP contribution in [0, 0.1) is 5.92 Å². The molecule has 1 aliphatic rings. The van der Waals surface area contributed by atoms with E-state index in [0.29, 0.717) is 24.3 Å². The Labute approximate surface area is 203 Å². The number of ketones is 1. The molecule has 0 bridgehead atoms. The predicted molar refractivity (Wildman–Crippen MR) is 137 cm³/mol. The van der Waals surface area contributed by atoms with Crippen molar-refractivity contribution in [2.45, 2.75) is 45.6 Å². The molecule has 176 valence electrons. The highest BCUT2D eigenvalue weighted by atomic mass is 28.4. The van der Waals surface area contributed by atoms with Crippen molar-refractivity contribution in [3.63, 3.8) is 0 Å². The highest BCUT2D eigenvalue weighted by Crippen LogP contribution is 2.40. The highest BCUT2D eigenvalue weighted by Gasteiger charge is 2.52. The fourth-order valence-electron chi connectivity index (χ4n) is 5.03. The molecule has 1 unspecified atom stereocenters. The first-order chi connectivity index (χ1) is 16.3. The van der Waals surface area contributed by atoms with Crippen LogP contribution in [0.1, 0.15) is 50.0 Å². The Balaban J connectivity index is 1.89. The first kappa shape index (κ1) is 24.0. The van der Waals surface area contributed by atoms with Gasteiger partial charge in [-0.3, -0.25) is 9.59 Å². The molecule has 3 aromatic carbocycles. The number of hydrogen-bond donors (Lipinski definition) is 0. The molecule has 0 saturated heterocycles. The molecular weight excluding hydrogens is 440 g/mol. The van der Waals surface area contributed by atoms with Gasteiger partial charge in [-0.1, -0.05) is 93.6 Å². The van der Waals surface area contributed by atoms with Crippen LogP contribution >= 0.6 is 0 Å². The minimum Gasteiger partial charge on any atom is -0.534 e. The Hall–Kier alpha value is -3.18. The van der Waals surface area contributed by atoms with E-state index in [1.54, 1.807) is 6.92 Å². The third-order valence-corrected chi connectivity index (χ3v) is 11.5. The van der Waals surface area contributed by atoms with Gasteiger partial charge in [0.2, 0.25) is 0 Å². The maximum Gasteiger partial charge on any atom is 0.319 e. The third-order valence-electron chi connectivity index (χ3n) is 6.62. The van der Waals surface area contributed by atoms with E-state index < -0.39 is 14.2 Å². The van der Waals surface area contributed by atoms with Crippen LogP contribution in [-0.2, 0) is 16.0 Å². The van der Waals surface area contributed by atoms with Gasteiger partial charge in [0, 0.05) is 17.5 Å². The molecule has 0 heterocycles. The highest BCUT2D eigenvalue weighted by molar-refractivity contribution is 7.00. The number of ether oxygens (including phenoxy) is 1. The molecule has 0 N–H and O–H groups in total. The van der Waals surface area contributed by atoms with Gasteiger partial charge in [-0.2, -0.15) is 0 Å². The van der Waals surface area contributed by atoms with Gasteiger partial charge in [0.1, 0.15) is 5.75 Å². The molecule has 0 spiro atoms. The van der Waals surface area contributed by atoms with Gasteiger partial charge in [-0.05, 0) is 34.8 Å². The van der Waals surface area contributed by atoms with Crippen LogP contribution in [0.25, 0.3) is 0 Å². The van der Waals surface area contributed by atoms with Crippen molar-refractivity contribution in [2.75, 3.05) is 6.61 Å². The summed E-state index contributed by atoms with van der Waals surface area (Å²) >= 11 is 0. The minimum atomic E-state index is -2.86. The van der Waals surface area contributed by atoms with Crippen LogP contribution in [0.4, 0.5) is 0 Å². The standard InChI is InChI=1S/C29H32O4Si/c1-5-32-28(31)21-19-25-24(26(30)20-21)17-12-18-27(25)33-34(29(2,3)4,22-13-8-6-9-14-22)23-15-10-7-11-16-23/h6-18,21H,5,19-20H2,1-4H3. The minimum absolute atomic E-state index is 0.0350. The Morgan fingerprint density at radius 2 is 1.47 bits per heavy atom. The van der Waals surface area contributed by atoms with E-state index in [1.807, 2.05) is 30.3 Å². The number of esters is 1. The van der Waals surface area contributed by atoms with Gasteiger partial charge >= 0.3 is 14.3 Å². The van der Waals surface area contributed by atoms with Gasteiger partial charge in [0.25, 0.3) is 0 Å². The molecule has 0 aromatic heterocycles. The second-order valence-corrected chi connectivity index (χ2v) is 14.0. The summed E-state index contributed by atoms with van der Waals surface area (Å²) in [5, 5.41) is 2.11. The summed E-state index contributed by atoms with van der Waals surface area (Å²) in [7, 11) is -2.86. The average Bonchev–Trinajstić information content (AvgIpc) is 2.83. The zero-order valence-electron chi connectivity index (χ0n) is 20.3. The van der Waals surface area contributed by atoms with Crippen molar-refractivity contribution in [3.05, 3.63) is 90.0 Å². The van der Waals surface area contributed by atoms with E-state index in [-0.39, 0.29) is 23.2 Å². The van der Waals surface area contributed by atoms with Crippen LogP contribution in [-0.4, -0.2) is 26.7 Å². The summed E-state index contributed by atoms with van der Waals surface area (Å²) in [6, 6.07) is 26.5. The Morgan fingerprint density at radius 1 is 0.882 bits per heavy atom. The summed E-state index contributed by atoms with van der Waals surface area (Å²) in [6.07, 6.45) is 0.614. The van der Waals surface area contributed by atoms with Crippen LogP contribution < -0.4 is 14.8 Å². The van der Waals surface area contributed by atoms with Gasteiger partial charge in [-0.15, -0.1) is 0 Å². The maximum absolute atomic E-state index is 13.0. The fraction of sp³-hybridized carbons (Fsp3) is 0.310. The molecule has 0 saturated carbocycles. The maximum atomic E-state index is 13.0. The van der Waals surface area contributed by atoms with Crippen molar-refractivity contribution in [1.29, 1.82) is 0 Å². The zero-order chi connectivity index (χ0) is 24.3. The Morgan fingerprint density at radius 3 is 2.00 bits per heavy atom. The van der Waals surface area contributed by atoms with Crippen LogP contribution in [0.2, 0.25) is 5.04 Å². The molecule has 1 atom stereocenters. The summed E-state index contributed by atoms with van der Waals surface area (Å²) in [5.74, 6) is -0.146. The number of carbonyl (C=O) groups is 2. The van der Waals surface area contributed by atoms with Crippen molar-refractivity contribution < 1.29 is 18.8 Å². The summed E-state index contributed by atoms with van der Waals surface area (Å²) in [4.78, 5) is 25.6. The zero-order valence-corrected chi connectivity index (χ0v) is 21.3. The van der Waals surface area contributed by atoms with Crippen molar-refractivity contribution in [3.8, 4) is 5.75 Å². The molecule has 1 aliphatic carbocycles. The molecule has 0 amide bonds. The number of Topliss-reactive ketones (excluding diaryl/α,β-unsaturated/α-hetero) is 1. The molecule has 0 aliphatic heterocycles. The van der Waals surface area contributed by atoms with Gasteiger partial charge in [0.05, 0.1) is 12.5 Å². The predicted octanol–water partition coefficient (Wildman–Crippen LogP) is 4.93. The molecule has 5 heteroatoms. The van der Waals surface area contributed by atoms with Crippen LogP contribution in [0.15, 0.2) is 78.9 Å². The molecular formula is C29H32O4Si. The van der Waals surface area contributed by atoms with Crippen molar-refractivity contribution in [2.24, 2.45) is 5.92 Å². The van der Waals surface area contributed by atoms with Crippen molar-refractivity contribution >= 4 is 30.4 Å². The van der Waals surface area contributed by atoms with E-state index >= 15 is 0 Å². The fourth-order valence-corrected chi connectivity index (χ4v) is 9.48. The van der Waals surface area contributed by atoms with Gasteiger partial charge < -0.3 is 9.16 Å². The largest absolute Gasteiger partial charge is 0.534 e. The number of benzene rings is 3. The third kappa shape index (κ3) is 4.32. The van der Waals surface area contributed by atoms with E-state index in [4.69, 9.17) is 9.16 Å². The lowest BCUT2D eigenvalue weighted by atomic mass is 9.82. The van der Waals surface area contributed by atoms with E-state index in [9.17, 15) is 9.59 Å². The smallest absolute Gasteiger partial charge is 0.319 e. The number of rotatable bonds is 6. The lowest BCUT2D eigenvalue weighted by molar-refractivity contribution is -0.148. The summed E-state index contributed by atoms with van der Waals surface area (Å²) < 4.78 is 12.5. The molecule has 3 aromatic rings. The van der Waals surface area contributed by atoms with E-state index in [1.165, 1.54) is 0 Å². The molecule has 4 rings (SSSR count). The monoisotopic (exact) mass is 472 g/mol. The van der Waals surface area contributed by atoms with E-state index in [0.717, 1.165) is 15.9 Å². The molecule has 0 radical (unpaired) electrons. The average molecular weight is 473 g/mol. The van der Waals surface area contributed by atoms with Gasteiger partial charge in [-0.25, -0.2) is 0 Å². The van der Waals surface area contributed by atoms with Gasteiger partial charge in [0.15, 0.2) is 5.78 Å². The lowest BCUT2D eigenvalue weighted by Gasteiger charge is -2.43. The normalized spacial score (nSPS) is 16.0. The van der Waals surface area contributed by atoms with Crippen LogP contribution in [0.5, 0.6) is 5.75 Å². The van der Waals surface area contributed by atoms with E-state index in [2.05, 4.69) is 69.3 Å². The first-order valence-electron chi connectivity index (χ1n) is 11.9.